The van der Waals surface area contributed by atoms with Crippen LogP contribution >= 0.6 is 0 Å². The van der Waals surface area contributed by atoms with Gasteiger partial charge >= 0.3 is 5.97 Å². The monoisotopic (exact) mass is 878 g/mol. The zero-order valence-corrected chi connectivity index (χ0v) is 41.9. The summed E-state index contributed by atoms with van der Waals surface area (Å²) in [5.74, 6) is -4.67. The topological polar surface area (TPSA) is 172 Å². The molecule has 3 saturated heterocycles. The van der Waals surface area contributed by atoms with Crippen LogP contribution in [0.15, 0.2) is 0 Å². The number of nitrogens with zero attached hydrogens (tertiary/aromatic N) is 1. The Labute approximate surface area is 357 Å². The standard InChI is InChI=1S/C43H83NO13Si2/c1-20-31-43(10,49)36(46)26(4)33(45)24(2)22-41(8,48)37(55-40-35(56-58(14,15)16)30(44(11)12)21-25(3)51-40)27(5)34(28(6)39(47)53-31)54-32-23-42(9,50-13)38(29(7)52-32)57-59(17,18)19/h24-32,34-38,40,46,48-49H,20-23H2,1-19H3/t24-,25-,26+,27+,28-,29+,30+,31-,32+,34+,35-,36-,37-,38+,40+,41-,42+,43-/m1/s1. The lowest BCUT2D eigenvalue weighted by molar-refractivity contribution is -0.315. The quantitative estimate of drug-likeness (QED) is 0.176. The van der Waals surface area contributed by atoms with Gasteiger partial charge in [0.1, 0.15) is 23.6 Å². The molecule has 0 aromatic carbocycles. The third kappa shape index (κ3) is 12.9. The van der Waals surface area contributed by atoms with E-state index in [-0.39, 0.29) is 37.2 Å². The molecule has 0 bridgehead atoms. The summed E-state index contributed by atoms with van der Waals surface area (Å²) in [6, 6.07) is -0.0769. The van der Waals surface area contributed by atoms with E-state index in [4.69, 9.17) is 37.3 Å². The van der Waals surface area contributed by atoms with Gasteiger partial charge in [-0.3, -0.25) is 9.59 Å². The van der Waals surface area contributed by atoms with E-state index in [0.717, 1.165) is 0 Å². The van der Waals surface area contributed by atoms with Crippen molar-refractivity contribution in [1.82, 2.24) is 4.90 Å². The predicted molar refractivity (Wildman–Crippen MR) is 231 cm³/mol. The van der Waals surface area contributed by atoms with E-state index >= 15 is 0 Å². The Hall–Kier alpha value is -0.866. The molecule has 3 heterocycles. The Bertz CT molecular complexity index is 1390. The minimum atomic E-state index is -2.19. The van der Waals surface area contributed by atoms with Crippen LogP contribution in [0.25, 0.3) is 0 Å². The SMILES string of the molecule is CC[C@H]1OC(=O)[C@H](C)[C@@H](O[C@H]2C[C@](C)(OC)[C@@H](O[Si](C)(C)C)[C@H](C)O2)[C@H](C)[C@@H](O[C@@H]2O[C@H](C)C[C@H](N(C)C)[C@H]2O[Si](C)(C)C)[C@](C)(O)C[C@@H](C)C(=O)[C@H](C)[C@@H](O)[C@]1(C)O. The molecule has 0 radical (unpaired) electrons. The van der Waals surface area contributed by atoms with Crippen LogP contribution in [0, 0.1) is 23.7 Å². The van der Waals surface area contributed by atoms with Crippen molar-refractivity contribution < 1.29 is 62.2 Å². The minimum Gasteiger partial charge on any atom is -0.459 e. The Morgan fingerprint density at radius 1 is 0.814 bits per heavy atom. The van der Waals surface area contributed by atoms with Gasteiger partial charge in [0.25, 0.3) is 0 Å². The predicted octanol–water partition coefficient (Wildman–Crippen LogP) is 5.50. The lowest BCUT2D eigenvalue weighted by Gasteiger charge is -2.51. The highest BCUT2D eigenvalue weighted by Gasteiger charge is 2.54. The second-order valence-electron chi connectivity index (χ2n) is 20.9. The van der Waals surface area contributed by atoms with E-state index in [9.17, 15) is 24.9 Å². The Kier molecular flexibility index (Phi) is 17.7. The number of aliphatic hydroxyl groups excluding tert-OH is 1. The number of hydrogen-bond donors (Lipinski definition) is 3. The summed E-state index contributed by atoms with van der Waals surface area (Å²) >= 11 is 0. The van der Waals surface area contributed by atoms with Crippen LogP contribution in [0.5, 0.6) is 0 Å². The third-order valence-corrected chi connectivity index (χ3v) is 14.7. The van der Waals surface area contributed by atoms with Crippen molar-refractivity contribution in [3.8, 4) is 0 Å². The molecule has 0 aromatic rings. The first kappa shape index (κ1) is 52.5. The van der Waals surface area contributed by atoms with Gasteiger partial charge in [-0.05, 0) is 114 Å². The van der Waals surface area contributed by atoms with Gasteiger partial charge in [-0.1, -0.05) is 27.7 Å². The maximum absolute atomic E-state index is 14.4. The zero-order chi connectivity index (χ0) is 45.4. The van der Waals surface area contributed by atoms with Crippen molar-refractivity contribution in [1.29, 1.82) is 0 Å². The van der Waals surface area contributed by atoms with Crippen molar-refractivity contribution in [2.45, 2.75) is 218 Å². The molecule has 3 rings (SSSR count). The number of methoxy groups -OCH3 is 1. The average Bonchev–Trinajstić information content (AvgIpc) is 3.10. The van der Waals surface area contributed by atoms with E-state index in [1.54, 1.807) is 41.7 Å². The van der Waals surface area contributed by atoms with Crippen LogP contribution in [0.1, 0.15) is 94.9 Å². The average molecular weight is 878 g/mol. The van der Waals surface area contributed by atoms with Crippen LogP contribution in [-0.2, 0) is 46.9 Å². The molecule has 14 nitrogen and oxygen atoms in total. The van der Waals surface area contributed by atoms with Crippen molar-refractivity contribution >= 4 is 28.4 Å². The van der Waals surface area contributed by atoms with E-state index in [1.165, 1.54) is 6.92 Å². The van der Waals surface area contributed by atoms with Gasteiger partial charge in [0.05, 0.1) is 53.7 Å². The summed E-state index contributed by atoms with van der Waals surface area (Å²) < 4.78 is 52.8. The fourth-order valence-electron chi connectivity index (χ4n) is 9.52. The van der Waals surface area contributed by atoms with Crippen molar-refractivity contribution in [3.63, 3.8) is 0 Å². The number of carbonyl (C=O) groups excluding carboxylic acids is 2. The second kappa shape index (κ2) is 19.9. The number of hydrogen-bond acceptors (Lipinski definition) is 14. The highest BCUT2D eigenvalue weighted by Crippen LogP contribution is 2.42. The maximum atomic E-state index is 14.4. The normalized spacial score (nSPS) is 45.2. The Morgan fingerprint density at radius 2 is 1.39 bits per heavy atom. The largest absolute Gasteiger partial charge is 0.459 e. The van der Waals surface area contributed by atoms with Crippen LogP contribution in [0.2, 0.25) is 39.3 Å². The number of rotatable bonds is 11. The molecule has 18 atom stereocenters. The number of ketones is 1. The molecule has 0 aromatic heterocycles. The van der Waals surface area contributed by atoms with Crippen molar-refractivity contribution in [2.75, 3.05) is 21.2 Å². The summed E-state index contributed by atoms with van der Waals surface area (Å²) in [4.78, 5) is 30.6. The molecule has 16 heteroatoms. The van der Waals surface area contributed by atoms with Crippen LogP contribution in [-0.4, -0.2) is 154 Å². The molecule has 3 aliphatic heterocycles. The van der Waals surface area contributed by atoms with Crippen LogP contribution in [0.4, 0.5) is 0 Å². The summed E-state index contributed by atoms with van der Waals surface area (Å²) in [6.45, 7) is 30.1. The molecular weight excluding hydrogens is 795 g/mol. The lowest BCUT2D eigenvalue weighted by Crippen LogP contribution is -2.62. The third-order valence-electron chi connectivity index (χ3n) is 12.7. The first-order valence-electron chi connectivity index (χ1n) is 21.9. The molecule has 0 saturated carbocycles. The molecule has 0 amide bonds. The molecule has 346 valence electrons. The van der Waals surface area contributed by atoms with Crippen LogP contribution < -0.4 is 0 Å². The molecule has 3 N–H and O–H groups in total. The fraction of sp³-hybridized carbons (Fsp3) is 0.953. The molecular formula is C43H83NO13Si2. The second-order valence-corrected chi connectivity index (χ2v) is 29.8. The number of aliphatic hydroxyl groups is 3. The van der Waals surface area contributed by atoms with E-state index in [1.807, 2.05) is 41.8 Å². The lowest BCUT2D eigenvalue weighted by atomic mass is 9.74. The first-order chi connectivity index (χ1) is 26.8. The van der Waals surface area contributed by atoms with Gasteiger partial charge < -0.3 is 57.5 Å². The number of carbonyl (C=O) groups is 2. The van der Waals surface area contributed by atoms with Crippen LogP contribution in [0.3, 0.4) is 0 Å². The minimum absolute atomic E-state index is 0.0733. The number of ether oxygens (including phenoxy) is 6. The number of likely N-dealkylation sites (N-methyl/N-ethyl adjacent to an activating group) is 1. The Morgan fingerprint density at radius 3 is 1.90 bits per heavy atom. The molecule has 0 unspecified atom stereocenters. The van der Waals surface area contributed by atoms with Crippen molar-refractivity contribution in [3.05, 3.63) is 0 Å². The summed E-state index contributed by atoms with van der Waals surface area (Å²) in [7, 11) is 1.40. The van der Waals surface area contributed by atoms with Gasteiger partial charge in [0, 0.05) is 37.3 Å². The Balaban J connectivity index is 2.25. The molecule has 59 heavy (non-hydrogen) atoms. The maximum Gasteiger partial charge on any atom is 0.311 e. The van der Waals surface area contributed by atoms with Gasteiger partial charge in [-0.2, -0.15) is 0 Å². The number of Topliss-reactive ketones (excluding diaryl/α,β-unsaturated/α-hetero) is 1. The van der Waals surface area contributed by atoms with Crippen molar-refractivity contribution in [2.24, 2.45) is 23.7 Å². The smallest absolute Gasteiger partial charge is 0.311 e. The molecule has 0 spiro atoms. The highest BCUT2D eigenvalue weighted by molar-refractivity contribution is 6.70. The van der Waals surface area contributed by atoms with Gasteiger partial charge in [-0.25, -0.2) is 0 Å². The highest BCUT2D eigenvalue weighted by atomic mass is 28.4. The molecule has 3 aliphatic rings. The summed E-state index contributed by atoms with van der Waals surface area (Å²) in [5.41, 5.74) is -4.53. The summed E-state index contributed by atoms with van der Waals surface area (Å²) in [6.07, 6.45) is -7.22. The molecule has 3 fully saturated rings. The number of esters is 1. The fourth-order valence-corrected chi connectivity index (χ4v) is 11.8. The van der Waals surface area contributed by atoms with E-state index in [0.29, 0.717) is 6.42 Å². The van der Waals surface area contributed by atoms with E-state index in [2.05, 4.69) is 44.2 Å². The van der Waals surface area contributed by atoms with Gasteiger partial charge in [-0.15, -0.1) is 0 Å². The van der Waals surface area contributed by atoms with E-state index < -0.39 is 118 Å². The first-order valence-corrected chi connectivity index (χ1v) is 28.7. The number of cyclic esters (lactones) is 1. The van der Waals surface area contributed by atoms with Gasteiger partial charge in [0.2, 0.25) is 0 Å². The molecule has 0 aliphatic carbocycles. The zero-order valence-electron chi connectivity index (χ0n) is 39.9. The van der Waals surface area contributed by atoms with Gasteiger partial charge in [0.15, 0.2) is 29.2 Å². The summed E-state index contributed by atoms with van der Waals surface area (Å²) in [5, 5.41) is 36.1.